The van der Waals surface area contributed by atoms with Gasteiger partial charge in [0.05, 0.1) is 4.90 Å². The van der Waals surface area contributed by atoms with Crippen LogP contribution in [0.1, 0.15) is 19.4 Å². The maximum atomic E-state index is 12.5. The van der Waals surface area contributed by atoms with E-state index in [9.17, 15) is 13.2 Å². The standard InChI is InChI=1S/C18H21ClN2O3S/c1-13(2)17(21-25(23,24)15-9-4-3-5-10-15)18(22)20-12-14-8-6-7-11-16(14)19/h3-11,13,17,21H,12H2,1-2H3,(H,20,22). The molecule has 0 aromatic heterocycles. The average Bonchev–Trinajstić information content (AvgIpc) is 2.59. The fraction of sp³-hybridized carbons (Fsp3) is 0.278. The minimum Gasteiger partial charge on any atom is -0.351 e. The van der Waals surface area contributed by atoms with Gasteiger partial charge in [-0.3, -0.25) is 4.79 Å². The quantitative estimate of drug-likeness (QED) is 0.775. The van der Waals surface area contributed by atoms with E-state index in [4.69, 9.17) is 11.6 Å². The molecule has 0 bridgehead atoms. The van der Waals surface area contributed by atoms with Crippen molar-refractivity contribution in [2.75, 3.05) is 0 Å². The van der Waals surface area contributed by atoms with Crippen molar-refractivity contribution in [1.29, 1.82) is 0 Å². The highest BCUT2D eigenvalue weighted by Gasteiger charge is 2.28. The molecule has 25 heavy (non-hydrogen) atoms. The summed E-state index contributed by atoms with van der Waals surface area (Å²) in [4.78, 5) is 12.6. The lowest BCUT2D eigenvalue weighted by Crippen LogP contribution is -2.49. The lowest BCUT2D eigenvalue weighted by atomic mass is 10.0. The molecule has 1 unspecified atom stereocenters. The maximum Gasteiger partial charge on any atom is 0.241 e. The highest BCUT2D eigenvalue weighted by molar-refractivity contribution is 7.89. The predicted octanol–water partition coefficient (Wildman–Crippen LogP) is 2.96. The molecule has 2 N–H and O–H groups in total. The molecular formula is C18H21ClN2O3S. The van der Waals surface area contributed by atoms with Crippen LogP contribution < -0.4 is 10.0 Å². The summed E-state index contributed by atoms with van der Waals surface area (Å²) in [5.74, 6) is -0.612. The summed E-state index contributed by atoms with van der Waals surface area (Å²) in [5.41, 5.74) is 0.769. The number of hydrogen-bond donors (Lipinski definition) is 2. The zero-order valence-corrected chi connectivity index (χ0v) is 15.6. The van der Waals surface area contributed by atoms with E-state index in [1.54, 1.807) is 50.2 Å². The summed E-state index contributed by atoms with van der Waals surface area (Å²) in [7, 11) is -3.78. The number of benzene rings is 2. The van der Waals surface area contributed by atoms with Gasteiger partial charge < -0.3 is 5.32 Å². The molecular weight excluding hydrogens is 360 g/mol. The topological polar surface area (TPSA) is 75.3 Å². The van der Waals surface area contributed by atoms with Crippen molar-refractivity contribution < 1.29 is 13.2 Å². The Hall–Kier alpha value is -1.89. The van der Waals surface area contributed by atoms with Crippen molar-refractivity contribution in [3.8, 4) is 0 Å². The predicted molar refractivity (Wildman–Crippen MR) is 98.7 cm³/mol. The summed E-state index contributed by atoms with van der Waals surface area (Å²) in [6.45, 7) is 3.80. The summed E-state index contributed by atoms with van der Waals surface area (Å²) in [6.07, 6.45) is 0. The number of amides is 1. The average molecular weight is 381 g/mol. The van der Waals surface area contributed by atoms with Crippen molar-refractivity contribution >= 4 is 27.5 Å². The van der Waals surface area contributed by atoms with Crippen LogP contribution in [0.3, 0.4) is 0 Å². The molecule has 2 aromatic rings. The molecule has 0 heterocycles. The molecule has 7 heteroatoms. The molecule has 1 amide bonds. The summed E-state index contributed by atoms with van der Waals surface area (Å²) < 4.78 is 27.4. The largest absolute Gasteiger partial charge is 0.351 e. The van der Waals surface area contributed by atoms with E-state index in [2.05, 4.69) is 10.0 Å². The number of rotatable bonds is 7. The molecule has 0 radical (unpaired) electrons. The number of carbonyl (C=O) groups excluding carboxylic acids is 1. The minimum atomic E-state index is -3.78. The molecule has 5 nitrogen and oxygen atoms in total. The molecule has 0 aliphatic heterocycles. The van der Waals surface area contributed by atoms with Gasteiger partial charge in [-0.1, -0.05) is 61.8 Å². The summed E-state index contributed by atoms with van der Waals surface area (Å²) in [6, 6.07) is 14.3. The van der Waals surface area contributed by atoms with Crippen LogP contribution in [0.5, 0.6) is 0 Å². The van der Waals surface area contributed by atoms with Gasteiger partial charge in [0, 0.05) is 11.6 Å². The van der Waals surface area contributed by atoms with E-state index < -0.39 is 22.0 Å². The van der Waals surface area contributed by atoms with Crippen LogP contribution >= 0.6 is 11.6 Å². The number of hydrogen-bond acceptors (Lipinski definition) is 3. The van der Waals surface area contributed by atoms with Crippen LogP contribution in [0.25, 0.3) is 0 Å². The number of halogens is 1. The fourth-order valence-corrected chi connectivity index (χ4v) is 3.83. The van der Waals surface area contributed by atoms with Crippen molar-refractivity contribution in [2.24, 2.45) is 5.92 Å². The van der Waals surface area contributed by atoms with Gasteiger partial charge >= 0.3 is 0 Å². The molecule has 2 rings (SSSR count). The lowest BCUT2D eigenvalue weighted by molar-refractivity contribution is -0.123. The Morgan fingerprint density at radius 1 is 1.04 bits per heavy atom. The van der Waals surface area contributed by atoms with Crippen LogP contribution in [-0.4, -0.2) is 20.4 Å². The van der Waals surface area contributed by atoms with E-state index in [1.807, 2.05) is 6.07 Å². The van der Waals surface area contributed by atoms with Gasteiger partial charge in [0.15, 0.2) is 0 Å². The number of sulfonamides is 1. The zero-order chi connectivity index (χ0) is 18.4. The van der Waals surface area contributed by atoms with E-state index in [0.717, 1.165) is 5.56 Å². The van der Waals surface area contributed by atoms with Crippen LogP contribution in [-0.2, 0) is 21.4 Å². The Balaban J connectivity index is 2.10. The highest BCUT2D eigenvalue weighted by atomic mass is 35.5. The van der Waals surface area contributed by atoms with Gasteiger partial charge in [-0.05, 0) is 29.7 Å². The highest BCUT2D eigenvalue weighted by Crippen LogP contribution is 2.15. The Labute approximate surface area is 153 Å². The summed E-state index contributed by atoms with van der Waals surface area (Å²) >= 11 is 6.07. The van der Waals surface area contributed by atoms with Gasteiger partial charge in [0.25, 0.3) is 0 Å². The van der Waals surface area contributed by atoms with Crippen LogP contribution in [0.4, 0.5) is 0 Å². The Morgan fingerprint density at radius 2 is 1.64 bits per heavy atom. The Morgan fingerprint density at radius 3 is 2.24 bits per heavy atom. The molecule has 0 spiro atoms. The second-order valence-corrected chi connectivity index (χ2v) is 8.09. The van der Waals surface area contributed by atoms with Gasteiger partial charge in [-0.15, -0.1) is 0 Å². The molecule has 0 saturated carbocycles. The number of nitrogens with one attached hydrogen (secondary N) is 2. The normalized spacial score (nSPS) is 12.8. The third-order valence-corrected chi connectivity index (χ3v) is 5.52. The van der Waals surface area contributed by atoms with Crippen molar-refractivity contribution in [3.05, 3.63) is 65.2 Å². The third kappa shape index (κ3) is 5.29. The number of carbonyl (C=O) groups is 1. The van der Waals surface area contributed by atoms with Gasteiger partial charge in [0.2, 0.25) is 15.9 Å². The molecule has 1 atom stereocenters. The van der Waals surface area contributed by atoms with Gasteiger partial charge in [0.1, 0.15) is 6.04 Å². The van der Waals surface area contributed by atoms with Crippen molar-refractivity contribution in [2.45, 2.75) is 31.3 Å². The lowest BCUT2D eigenvalue weighted by Gasteiger charge is -2.22. The maximum absolute atomic E-state index is 12.5. The minimum absolute atomic E-state index is 0.125. The first-order valence-corrected chi connectivity index (χ1v) is 9.76. The van der Waals surface area contributed by atoms with Crippen LogP contribution in [0.15, 0.2) is 59.5 Å². The monoisotopic (exact) mass is 380 g/mol. The fourth-order valence-electron chi connectivity index (χ4n) is 2.26. The molecule has 0 aliphatic carbocycles. The smallest absolute Gasteiger partial charge is 0.241 e. The Bertz CT molecular complexity index is 823. The first kappa shape index (κ1) is 19.4. The zero-order valence-electron chi connectivity index (χ0n) is 14.1. The van der Waals surface area contributed by atoms with E-state index in [-0.39, 0.29) is 17.4 Å². The molecule has 0 aliphatic rings. The molecule has 2 aromatic carbocycles. The van der Waals surface area contributed by atoms with E-state index >= 15 is 0 Å². The van der Waals surface area contributed by atoms with E-state index in [1.165, 1.54) is 12.1 Å². The molecule has 134 valence electrons. The van der Waals surface area contributed by atoms with Crippen molar-refractivity contribution in [1.82, 2.24) is 10.0 Å². The first-order valence-electron chi connectivity index (χ1n) is 7.90. The third-order valence-electron chi connectivity index (χ3n) is 3.70. The first-order chi connectivity index (χ1) is 11.8. The SMILES string of the molecule is CC(C)C(NS(=O)(=O)c1ccccc1)C(=O)NCc1ccccc1Cl. The van der Waals surface area contributed by atoms with Crippen LogP contribution in [0, 0.1) is 5.92 Å². The second-order valence-electron chi connectivity index (χ2n) is 5.97. The molecule has 0 saturated heterocycles. The van der Waals surface area contributed by atoms with Gasteiger partial charge in [-0.25, -0.2) is 8.42 Å². The Kier molecular flexibility index (Phi) is 6.58. The van der Waals surface area contributed by atoms with E-state index in [0.29, 0.717) is 5.02 Å². The van der Waals surface area contributed by atoms with Gasteiger partial charge in [-0.2, -0.15) is 4.72 Å². The van der Waals surface area contributed by atoms with Crippen LogP contribution in [0.2, 0.25) is 5.02 Å². The summed E-state index contributed by atoms with van der Waals surface area (Å²) in [5, 5.41) is 3.29. The second kappa shape index (κ2) is 8.47. The molecule has 0 fully saturated rings. The van der Waals surface area contributed by atoms with Crippen molar-refractivity contribution in [3.63, 3.8) is 0 Å².